The maximum Gasteiger partial charge on any atom is 0.358 e. The van der Waals surface area contributed by atoms with Gasteiger partial charge in [0.15, 0.2) is 5.78 Å². The molecule has 0 bridgehead atoms. The van der Waals surface area contributed by atoms with Gasteiger partial charge >= 0.3 is 7.60 Å². The number of nitrogens with zero attached hydrogens (tertiary/aromatic N) is 1. The van der Waals surface area contributed by atoms with Crippen LogP contribution >= 0.6 is 7.60 Å². The molecule has 0 saturated carbocycles. The predicted octanol–water partition coefficient (Wildman–Crippen LogP) is 4.58. The number of hydrogen-bond donors (Lipinski definition) is 1. The summed E-state index contributed by atoms with van der Waals surface area (Å²) in [7, 11) is -3.40. The van der Waals surface area contributed by atoms with Gasteiger partial charge in [-0.05, 0) is 25.0 Å². The van der Waals surface area contributed by atoms with Crippen LogP contribution in [-0.4, -0.2) is 19.4 Å². The second kappa shape index (κ2) is 9.38. The van der Waals surface area contributed by atoms with Crippen LogP contribution in [0.25, 0.3) is 0 Å². The molecule has 0 heterocycles. The quantitative estimate of drug-likeness (QED) is 0.410. The molecular weight excluding hydrogens is 323 g/mol. The van der Waals surface area contributed by atoms with Crippen molar-refractivity contribution in [1.29, 1.82) is 0 Å². The lowest BCUT2D eigenvalue weighted by Crippen LogP contribution is -2.19. The fraction of sp³-hybridized carbons (Fsp3) is 0.278. The van der Waals surface area contributed by atoms with Gasteiger partial charge in [0, 0.05) is 0 Å². The van der Waals surface area contributed by atoms with Crippen molar-refractivity contribution in [3.05, 3.63) is 71.8 Å². The van der Waals surface area contributed by atoms with Gasteiger partial charge < -0.3 is 9.05 Å². The molecule has 0 aliphatic heterocycles. The van der Waals surface area contributed by atoms with Crippen molar-refractivity contribution >= 4 is 13.8 Å². The average molecular weight is 346 g/mol. The molecule has 1 atom stereocenters. The maximum absolute atomic E-state index is 13.2. The summed E-state index contributed by atoms with van der Waals surface area (Å²) in [6.07, 6.45) is 1.68. The van der Waals surface area contributed by atoms with Crippen molar-refractivity contribution in [2.75, 3.05) is 13.2 Å². The molecule has 0 radical (unpaired) electrons. The van der Waals surface area contributed by atoms with Gasteiger partial charge in [0.25, 0.3) is 0 Å². The third-order valence-electron chi connectivity index (χ3n) is 3.26. The minimum absolute atomic E-state index is 0.296. The van der Waals surface area contributed by atoms with Crippen LogP contribution < -0.4 is 5.43 Å². The topological polar surface area (TPSA) is 59.9 Å². The molecule has 2 aromatic rings. The fourth-order valence-electron chi connectivity index (χ4n) is 2.23. The van der Waals surface area contributed by atoms with Crippen molar-refractivity contribution in [2.24, 2.45) is 5.10 Å². The van der Waals surface area contributed by atoms with Crippen LogP contribution in [0.2, 0.25) is 0 Å². The van der Waals surface area contributed by atoms with Crippen molar-refractivity contribution in [3.63, 3.8) is 0 Å². The number of benzene rings is 2. The fourth-order valence-corrected chi connectivity index (χ4v) is 4.07. The molecule has 6 heteroatoms. The summed E-state index contributed by atoms with van der Waals surface area (Å²) in [5.41, 5.74) is 4.69. The normalized spacial score (nSPS) is 13.1. The first-order valence-corrected chi connectivity index (χ1v) is 9.58. The molecule has 0 aliphatic carbocycles. The number of nitrogens with one attached hydrogen (secondary N) is 1. The van der Waals surface area contributed by atoms with Gasteiger partial charge in [-0.25, -0.2) is 0 Å². The molecular formula is C18H23N2O3P. The molecule has 1 N–H and O–H groups in total. The molecule has 0 aromatic heterocycles. The summed E-state index contributed by atoms with van der Waals surface area (Å²) in [6, 6.07) is 19.1. The van der Waals surface area contributed by atoms with E-state index >= 15 is 0 Å². The molecule has 0 saturated heterocycles. The molecule has 5 nitrogen and oxygen atoms in total. The minimum Gasteiger partial charge on any atom is -0.307 e. The zero-order valence-electron chi connectivity index (χ0n) is 14.0. The monoisotopic (exact) mass is 346 g/mol. The Morgan fingerprint density at radius 3 is 2.08 bits per heavy atom. The molecule has 2 aromatic carbocycles. The molecule has 0 aliphatic rings. The van der Waals surface area contributed by atoms with Gasteiger partial charge in [0.05, 0.1) is 19.4 Å². The molecule has 0 spiro atoms. The zero-order chi connectivity index (χ0) is 17.3. The Balaban J connectivity index is 2.26. The Hall–Kier alpha value is -1.94. The van der Waals surface area contributed by atoms with E-state index in [0.29, 0.717) is 13.2 Å². The first-order chi connectivity index (χ1) is 11.7. The molecule has 2 rings (SSSR count). The Morgan fingerprint density at radius 1 is 1.00 bits per heavy atom. The summed E-state index contributed by atoms with van der Waals surface area (Å²) in [4.78, 5) is 0. The van der Waals surface area contributed by atoms with Gasteiger partial charge in [-0.1, -0.05) is 60.7 Å². The number of rotatable bonds is 9. The summed E-state index contributed by atoms with van der Waals surface area (Å²) in [5.74, 6) is -0.668. The molecule has 24 heavy (non-hydrogen) atoms. The van der Waals surface area contributed by atoms with Crippen LogP contribution in [0.1, 0.15) is 30.8 Å². The first kappa shape index (κ1) is 18.4. The SMILES string of the molecule is CCOP(=O)(OCC)C(N/N=C/c1ccccc1)c1ccccc1. The summed E-state index contributed by atoms with van der Waals surface area (Å²) in [6.45, 7) is 4.18. The standard InChI is InChI=1S/C18H23N2O3P/c1-3-22-24(21,23-4-2)18(17-13-9-6-10-14-17)20-19-15-16-11-7-5-8-12-16/h5-15,18,20H,3-4H2,1-2H3/b19-15+. The van der Waals surface area contributed by atoms with Crippen molar-refractivity contribution in [2.45, 2.75) is 19.6 Å². The number of hydrogen-bond acceptors (Lipinski definition) is 5. The van der Waals surface area contributed by atoms with E-state index in [0.717, 1.165) is 11.1 Å². The second-order valence-corrected chi connectivity index (χ2v) is 7.10. The second-order valence-electron chi connectivity index (χ2n) is 4.99. The van der Waals surface area contributed by atoms with Gasteiger partial charge in [0.1, 0.15) is 0 Å². The van der Waals surface area contributed by atoms with Crippen LogP contribution in [-0.2, 0) is 13.6 Å². The Bertz CT molecular complexity index is 667. The van der Waals surface area contributed by atoms with Crippen molar-refractivity contribution < 1.29 is 13.6 Å². The number of hydrazone groups is 1. The first-order valence-electron chi connectivity index (χ1n) is 7.97. The third kappa shape index (κ3) is 5.03. The summed E-state index contributed by atoms with van der Waals surface area (Å²) >= 11 is 0. The van der Waals surface area contributed by atoms with E-state index < -0.39 is 13.4 Å². The molecule has 1 unspecified atom stereocenters. The van der Waals surface area contributed by atoms with E-state index in [1.807, 2.05) is 60.7 Å². The van der Waals surface area contributed by atoms with Gasteiger partial charge in [-0.3, -0.25) is 9.99 Å². The van der Waals surface area contributed by atoms with Crippen LogP contribution in [0.15, 0.2) is 65.8 Å². The zero-order valence-corrected chi connectivity index (χ0v) is 14.9. The van der Waals surface area contributed by atoms with Crippen LogP contribution in [0.5, 0.6) is 0 Å². The lowest BCUT2D eigenvalue weighted by Gasteiger charge is -2.26. The predicted molar refractivity (Wildman–Crippen MR) is 97.2 cm³/mol. The highest BCUT2D eigenvalue weighted by atomic mass is 31.2. The van der Waals surface area contributed by atoms with Crippen LogP contribution in [0.3, 0.4) is 0 Å². The van der Waals surface area contributed by atoms with E-state index in [4.69, 9.17) is 9.05 Å². The van der Waals surface area contributed by atoms with E-state index in [2.05, 4.69) is 10.5 Å². The van der Waals surface area contributed by atoms with E-state index in [1.54, 1.807) is 20.1 Å². The third-order valence-corrected chi connectivity index (χ3v) is 5.54. The van der Waals surface area contributed by atoms with Gasteiger partial charge in [0.2, 0.25) is 0 Å². The Kier molecular flexibility index (Phi) is 7.19. The highest BCUT2D eigenvalue weighted by Crippen LogP contribution is 2.59. The van der Waals surface area contributed by atoms with E-state index in [-0.39, 0.29) is 0 Å². The maximum atomic E-state index is 13.2. The Morgan fingerprint density at radius 2 is 1.54 bits per heavy atom. The Labute approximate surface area is 143 Å². The molecule has 0 fully saturated rings. The summed E-state index contributed by atoms with van der Waals surface area (Å²) < 4.78 is 24.1. The smallest absolute Gasteiger partial charge is 0.307 e. The van der Waals surface area contributed by atoms with Crippen molar-refractivity contribution in [3.8, 4) is 0 Å². The lowest BCUT2D eigenvalue weighted by atomic mass is 10.2. The van der Waals surface area contributed by atoms with Gasteiger partial charge in [-0.2, -0.15) is 5.10 Å². The molecule has 128 valence electrons. The lowest BCUT2D eigenvalue weighted by molar-refractivity contribution is 0.208. The van der Waals surface area contributed by atoms with Crippen molar-refractivity contribution in [1.82, 2.24) is 5.43 Å². The van der Waals surface area contributed by atoms with Crippen LogP contribution in [0.4, 0.5) is 0 Å². The van der Waals surface area contributed by atoms with E-state index in [9.17, 15) is 4.57 Å². The average Bonchev–Trinajstić information content (AvgIpc) is 2.61. The highest BCUT2D eigenvalue weighted by Gasteiger charge is 2.36. The van der Waals surface area contributed by atoms with Gasteiger partial charge in [-0.15, -0.1) is 0 Å². The molecule has 0 amide bonds. The highest BCUT2D eigenvalue weighted by molar-refractivity contribution is 7.54. The summed E-state index contributed by atoms with van der Waals surface area (Å²) in [5, 5.41) is 4.24. The largest absolute Gasteiger partial charge is 0.358 e. The van der Waals surface area contributed by atoms with Crippen LogP contribution in [0, 0.1) is 0 Å². The van der Waals surface area contributed by atoms with E-state index in [1.165, 1.54) is 0 Å². The minimum atomic E-state index is -3.40.